The highest BCUT2D eigenvalue weighted by molar-refractivity contribution is 5.86. The summed E-state index contributed by atoms with van der Waals surface area (Å²) in [6.45, 7) is 5.84. The van der Waals surface area contributed by atoms with E-state index in [-0.39, 0.29) is 18.5 Å². The molecule has 0 saturated carbocycles. The molecule has 3 N–H and O–H groups in total. The van der Waals surface area contributed by atoms with Crippen LogP contribution in [0.25, 0.3) is 0 Å². The van der Waals surface area contributed by atoms with Crippen LogP contribution in [0.4, 0.5) is 0 Å². The Morgan fingerprint density at radius 1 is 1.26 bits per heavy atom. The molecule has 0 aliphatic carbocycles. The summed E-state index contributed by atoms with van der Waals surface area (Å²) in [4.78, 5) is 18.5. The molecule has 1 aliphatic rings. The van der Waals surface area contributed by atoms with Crippen LogP contribution in [0.2, 0.25) is 0 Å². The Kier molecular flexibility index (Phi) is 8.91. The fourth-order valence-corrected chi connectivity index (χ4v) is 3.26. The van der Waals surface area contributed by atoms with E-state index in [1.165, 1.54) is 18.4 Å². The molecule has 1 aromatic rings. The Morgan fingerprint density at radius 3 is 2.70 bits per heavy atom. The zero-order valence-corrected chi connectivity index (χ0v) is 16.8. The molecule has 0 spiro atoms. The van der Waals surface area contributed by atoms with Gasteiger partial charge in [-0.2, -0.15) is 0 Å². The average molecular weight is 376 g/mol. The molecule has 1 atom stereocenters. The van der Waals surface area contributed by atoms with Crippen molar-refractivity contribution < 1.29 is 9.53 Å². The molecule has 0 aromatic heterocycles. The van der Waals surface area contributed by atoms with Gasteiger partial charge in [-0.05, 0) is 50.0 Å². The normalized spacial score (nSPS) is 16.0. The number of amides is 1. The van der Waals surface area contributed by atoms with Gasteiger partial charge in [0.1, 0.15) is 5.75 Å². The van der Waals surface area contributed by atoms with Crippen molar-refractivity contribution in [3.05, 3.63) is 29.8 Å². The minimum atomic E-state index is -0.0244. The van der Waals surface area contributed by atoms with Gasteiger partial charge in [-0.25, -0.2) is 0 Å². The van der Waals surface area contributed by atoms with Gasteiger partial charge >= 0.3 is 0 Å². The van der Waals surface area contributed by atoms with Crippen LogP contribution in [-0.4, -0.2) is 63.6 Å². The first kappa shape index (κ1) is 21.0. The van der Waals surface area contributed by atoms with Gasteiger partial charge in [0.05, 0.1) is 19.7 Å². The molecule has 1 fully saturated rings. The third-order valence-corrected chi connectivity index (χ3v) is 4.74. The molecular formula is C20H33N5O2. The molecule has 1 saturated heterocycles. The number of hydrogen-bond donors (Lipinski definition) is 3. The Labute approximate surface area is 162 Å². The molecule has 0 bridgehead atoms. The Hall–Kier alpha value is -2.28. The highest BCUT2D eigenvalue weighted by atomic mass is 16.5. The van der Waals surface area contributed by atoms with Gasteiger partial charge in [-0.15, -0.1) is 0 Å². The van der Waals surface area contributed by atoms with Gasteiger partial charge < -0.3 is 20.7 Å². The quantitative estimate of drug-likeness (QED) is 0.451. The number of rotatable bonds is 9. The van der Waals surface area contributed by atoms with Crippen molar-refractivity contribution in [3.63, 3.8) is 0 Å². The molecule has 1 aromatic carbocycles. The highest BCUT2D eigenvalue weighted by Gasteiger charge is 2.24. The van der Waals surface area contributed by atoms with Crippen molar-refractivity contribution in [2.75, 3.05) is 46.9 Å². The van der Waals surface area contributed by atoms with E-state index >= 15 is 0 Å². The number of carbonyl (C=O) groups excluding carboxylic acids is 1. The molecule has 150 valence electrons. The SMILES string of the molecule is CCCNC(=O)CNC(=NC)NCC(c1cccc(OC)c1)N1CCCC1. The van der Waals surface area contributed by atoms with Gasteiger partial charge in [-0.1, -0.05) is 19.1 Å². The molecule has 0 radical (unpaired) electrons. The molecule has 2 rings (SSSR count). The van der Waals surface area contributed by atoms with Crippen molar-refractivity contribution in [1.29, 1.82) is 0 Å². The predicted molar refractivity (Wildman–Crippen MR) is 109 cm³/mol. The highest BCUT2D eigenvalue weighted by Crippen LogP contribution is 2.27. The van der Waals surface area contributed by atoms with Crippen LogP contribution in [0.3, 0.4) is 0 Å². The summed E-state index contributed by atoms with van der Waals surface area (Å²) in [6.07, 6.45) is 3.38. The molecule has 1 unspecified atom stereocenters. The monoisotopic (exact) mass is 375 g/mol. The maximum Gasteiger partial charge on any atom is 0.239 e. The summed E-state index contributed by atoms with van der Waals surface area (Å²) in [5, 5.41) is 9.31. The summed E-state index contributed by atoms with van der Waals surface area (Å²) in [5.74, 6) is 1.48. The third kappa shape index (κ3) is 6.75. The summed E-state index contributed by atoms with van der Waals surface area (Å²) in [6, 6.07) is 8.46. The maximum atomic E-state index is 11.8. The Morgan fingerprint density at radius 2 is 2.04 bits per heavy atom. The molecule has 1 heterocycles. The molecule has 7 nitrogen and oxygen atoms in total. The number of carbonyl (C=O) groups is 1. The summed E-state index contributed by atoms with van der Waals surface area (Å²) < 4.78 is 5.39. The van der Waals surface area contributed by atoms with E-state index in [1.807, 2.05) is 19.1 Å². The number of likely N-dealkylation sites (tertiary alicyclic amines) is 1. The Balaban J connectivity index is 1.96. The smallest absolute Gasteiger partial charge is 0.239 e. The number of hydrogen-bond acceptors (Lipinski definition) is 4. The first-order chi connectivity index (χ1) is 13.2. The molecule has 1 aliphatic heterocycles. The van der Waals surface area contributed by atoms with Gasteiger partial charge in [0.2, 0.25) is 5.91 Å². The number of nitrogens with zero attached hydrogens (tertiary/aromatic N) is 2. The average Bonchev–Trinajstić information content (AvgIpc) is 3.23. The van der Waals surface area contributed by atoms with E-state index in [4.69, 9.17) is 4.74 Å². The van der Waals surface area contributed by atoms with Crippen molar-refractivity contribution in [3.8, 4) is 5.75 Å². The van der Waals surface area contributed by atoms with Crippen molar-refractivity contribution in [2.45, 2.75) is 32.2 Å². The van der Waals surface area contributed by atoms with E-state index in [1.54, 1.807) is 14.2 Å². The van der Waals surface area contributed by atoms with E-state index < -0.39 is 0 Å². The first-order valence-electron chi connectivity index (χ1n) is 9.77. The molecular weight excluding hydrogens is 342 g/mol. The minimum absolute atomic E-state index is 0.0244. The summed E-state index contributed by atoms with van der Waals surface area (Å²) >= 11 is 0. The van der Waals surface area contributed by atoms with E-state index in [2.05, 4.69) is 38.0 Å². The van der Waals surface area contributed by atoms with Crippen LogP contribution in [0, 0.1) is 0 Å². The van der Waals surface area contributed by atoms with Crippen LogP contribution in [0.1, 0.15) is 37.8 Å². The lowest BCUT2D eigenvalue weighted by molar-refractivity contribution is -0.120. The van der Waals surface area contributed by atoms with Crippen LogP contribution in [0.15, 0.2) is 29.3 Å². The number of nitrogens with one attached hydrogen (secondary N) is 3. The summed E-state index contributed by atoms with van der Waals surface area (Å²) in [5.41, 5.74) is 1.22. The third-order valence-electron chi connectivity index (χ3n) is 4.74. The molecule has 27 heavy (non-hydrogen) atoms. The standard InChI is InChI=1S/C20H33N5O2/c1-4-10-22-19(26)15-24-20(21-2)23-14-18(25-11-5-6-12-25)16-8-7-9-17(13-16)27-3/h7-9,13,18H,4-6,10-12,14-15H2,1-3H3,(H,22,26)(H2,21,23,24). The van der Waals surface area contributed by atoms with Gasteiger partial charge in [0.15, 0.2) is 5.96 Å². The Bertz CT molecular complexity index is 614. The fourth-order valence-electron chi connectivity index (χ4n) is 3.26. The lowest BCUT2D eigenvalue weighted by Gasteiger charge is -2.29. The van der Waals surface area contributed by atoms with Crippen LogP contribution >= 0.6 is 0 Å². The van der Waals surface area contributed by atoms with Crippen LogP contribution in [0.5, 0.6) is 5.75 Å². The van der Waals surface area contributed by atoms with E-state index in [9.17, 15) is 4.79 Å². The van der Waals surface area contributed by atoms with E-state index in [0.717, 1.165) is 25.3 Å². The van der Waals surface area contributed by atoms with Gasteiger partial charge in [-0.3, -0.25) is 14.7 Å². The topological polar surface area (TPSA) is 78.0 Å². The van der Waals surface area contributed by atoms with Gasteiger partial charge in [0, 0.05) is 20.1 Å². The van der Waals surface area contributed by atoms with E-state index in [0.29, 0.717) is 19.0 Å². The number of methoxy groups -OCH3 is 1. The van der Waals surface area contributed by atoms with Crippen molar-refractivity contribution >= 4 is 11.9 Å². The lowest BCUT2D eigenvalue weighted by Crippen LogP contribution is -2.46. The predicted octanol–water partition coefficient (Wildman–Crippen LogP) is 1.52. The maximum absolute atomic E-state index is 11.8. The number of aliphatic imine (C=N–C) groups is 1. The zero-order chi connectivity index (χ0) is 19.5. The molecule has 7 heteroatoms. The zero-order valence-electron chi connectivity index (χ0n) is 16.8. The number of guanidine groups is 1. The van der Waals surface area contributed by atoms with Crippen molar-refractivity contribution in [2.24, 2.45) is 4.99 Å². The van der Waals surface area contributed by atoms with Crippen molar-refractivity contribution in [1.82, 2.24) is 20.9 Å². The first-order valence-corrected chi connectivity index (χ1v) is 9.77. The second kappa shape index (κ2) is 11.4. The van der Waals surface area contributed by atoms with Crippen LogP contribution in [-0.2, 0) is 4.79 Å². The lowest BCUT2D eigenvalue weighted by atomic mass is 10.1. The second-order valence-corrected chi connectivity index (χ2v) is 6.69. The minimum Gasteiger partial charge on any atom is -0.497 e. The fraction of sp³-hybridized carbons (Fsp3) is 0.600. The number of benzene rings is 1. The second-order valence-electron chi connectivity index (χ2n) is 6.69. The van der Waals surface area contributed by atoms with Gasteiger partial charge in [0.25, 0.3) is 0 Å². The number of ether oxygens (including phenoxy) is 1. The van der Waals surface area contributed by atoms with Crippen LogP contribution < -0.4 is 20.7 Å². The largest absolute Gasteiger partial charge is 0.497 e. The molecule has 1 amide bonds. The summed E-state index contributed by atoms with van der Waals surface area (Å²) in [7, 11) is 3.41.